The maximum Gasteiger partial charge on any atom is 0.295 e. The molecule has 0 radical (unpaired) electrons. The second-order valence-electron chi connectivity index (χ2n) is 5.73. The largest absolute Gasteiger partial charge is 0.457 e. The molecule has 0 amide bonds. The first-order valence-corrected chi connectivity index (χ1v) is 9.07. The Bertz CT molecular complexity index is 913. The molecule has 0 aliphatic carbocycles. The van der Waals surface area contributed by atoms with Gasteiger partial charge in [-0.15, -0.1) is 0 Å². The van der Waals surface area contributed by atoms with Crippen molar-refractivity contribution in [1.29, 1.82) is 0 Å². The molecular weight excluding hydrogens is 387 g/mol. The lowest BCUT2D eigenvalue weighted by Gasteiger charge is -2.38. The third-order valence-electron chi connectivity index (χ3n) is 3.86. The number of ether oxygens (including phenoxy) is 2. The molecule has 3 rings (SSSR count). The summed E-state index contributed by atoms with van der Waals surface area (Å²) < 4.78 is 55.6. The number of pyridine rings is 2. The van der Waals surface area contributed by atoms with Crippen molar-refractivity contribution in [3.8, 4) is 16.9 Å². The van der Waals surface area contributed by atoms with Gasteiger partial charge in [0.25, 0.3) is 16.1 Å². The van der Waals surface area contributed by atoms with Crippen LogP contribution in [0.3, 0.4) is 0 Å². The van der Waals surface area contributed by atoms with Gasteiger partial charge in [-0.25, -0.2) is 4.98 Å². The molecule has 1 saturated heterocycles. The number of hydrogen-bond donors (Lipinski definition) is 4. The van der Waals surface area contributed by atoms with Gasteiger partial charge in [-0.05, 0) is 12.1 Å². The summed E-state index contributed by atoms with van der Waals surface area (Å²) in [6.07, 6.45) is -3.79. The average Bonchev–Trinajstić information content (AvgIpc) is 2.63. The zero-order valence-electron chi connectivity index (χ0n) is 13.5. The Labute approximate surface area is 152 Å². The lowest BCUT2D eigenvalue weighted by atomic mass is 10.1. The summed E-state index contributed by atoms with van der Waals surface area (Å²) >= 11 is 0. The van der Waals surface area contributed by atoms with Gasteiger partial charge in [0, 0.05) is 29.7 Å². The van der Waals surface area contributed by atoms with E-state index in [4.69, 9.17) is 14.0 Å². The minimum atomic E-state index is -4.96. The molecule has 12 heteroatoms. The van der Waals surface area contributed by atoms with E-state index in [1.807, 2.05) is 0 Å². The van der Waals surface area contributed by atoms with E-state index >= 15 is 0 Å². The maximum absolute atomic E-state index is 14.0. The third kappa shape index (κ3) is 4.05. The van der Waals surface area contributed by atoms with E-state index in [-0.39, 0.29) is 0 Å². The van der Waals surface area contributed by atoms with Crippen LogP contribution in [0.2, 0.25) is 0 Å². The summed E-state index contributed by atoms with van der Waals surface area (Å²) in [6.45, 7) is 0. The smallest absolute Gasteiger partial charge is 0.295 e. The van der Waals surface area contributed by atoms with Crippen molar-refractivity contribution in [2.24, 2.45) is 0 Å². The first kappa shape index (κ1) is 19.5. The first-order chi connectivity index (χ1) is 12.7. The molecule has 0 bridgehead atoms. The molecular formula is C15H15FN2O8S. The fourth-order valence-electron chi connectivity index (χ4n) is 2.49. The van der Waals surface area contributed by atoms with Gasteiger partial charge in [-0.3, -0.25) is 9.54 Å². The second kappa shape index (κ2) is 7.42. The molecule has 5 atom stereocenters. The number of hydrogen-bond acceptors (Lipinski definition) is 9. The number of nitrogens with zero attached hydrogens (tertiary/aromatic N) is 2. The van der Waals surface area contributed by atoms with Gasteiger partial charge in [0.2, 0.25) is 11.7 Å². The summed E-state index contributed by atoms with van der Waals surface area (Å²) in [5.41, 5.74) is -1.32. The number of rotatable bonds is 4. The minimum Gasteiger partial charge on any atom is -0.457 e. The predicted molar refractivity (Wildman–Crippen MR) is 86.3 cm³/mol. The van der Waals surface area contributed by atoms with Crippen molar-refractivity contribution in [2.45, 2.75) is 30.0 Å². The molecule has 0 saturated carbocycles. The molecule has 2 aromatic rings. The van der Waals surface area contributed by atoms with Crippen molar-refractivity contribution in [1.82, 2.24) is 9.97 Å². The molecule has 27 heavy (non-hydrogen) atoms. The Morgan fingerprint density at radius 1 is 1.11 bits per heavy atom. The Morgan fingerprint density at radius 3 is 2.48 bits per heavy atom. The Morgan fingerprint density at radius 2 is 1.85 bits per heavy atom. The molecule has 0 aromatic carbocycles. The van der Waals surface area contributed by atoms with Crippen LogP contribution in [0.25, 0.3) is 11.1 Å². The molecule has 3 heterocycles. The Balaban J connectivity index is 1.89. The highest BCUT2D eigenvalue weighted by atomic mass is 32.2. The molecule has 0 spiro atoms. The first-order valence-electron chi connectivity index (χ1n) is 7.57. The quantitative estimate of drug-likeness (QED) is 0.381. The van der Waals surface area contributed by atoms with Crippen LogP contribution in [0, 0.1) is 5.95 Å². The van der Waals surface area contributed by atoms with Gasteiger partial charge in [0.1, 0.15) is 18.3 Å². The summed E-state index contributed by atoms with van der Waals surface area (Å²) in [4.78, 5) is 7.43. The second-order valence-corrected chi connectivity index (χ2v) is 7.23. The van der Waals surface area contributed by atoms with Gasteiger partial charge in [0.05, 0.1) is 0 Å². The molecule has 1 aliphatic heterocycles. The van der Waals surface area contributed by atoms with Crippen LogP contribution >= 0.6 is 0 Å². The fourth-order valence-corrected chi connectivity index (χ4v) is 3.25. The van der Waals surface area contributed by atoms with Crippen molar-refractivity contribution in [2.75, 3.05) is 0 Å². The van der Waals surface area contributed by atoms with Gasteiger partial charge >= 0.3 is 0 Å². The molecule has 1 unspecified atom stereocenters. The summed E-state index contributed by atoms with van der Waals surface area (Å²) in [7, 11) is -4.96. The maximum atomic E-state index is 14.0. The van der Waals surface area contributed by atoms with E-state index in [9.17, 15) is 28.1 Å². The monoisotopic (exact) mass is 402 g/mol. The molecule has 10 nitrogen and oxygen atoms in total. The highest BCUT2D eigenvalue weighted by Gasteiger charge is 2.50. The molecule has 2 aromatic heterocycles. The average molecular weight is 402 g/mol. The van der Waals surface area contributed by atoms with Crippen molar-refractivity contribution in [3.63, 3.8) is 0 Å². The van der Waals surface area contributed by atoms with E-state index in [1.165, 1.54) is 24.7 Å². The zero-order valence-corrected chi connectivity index (χ0v) is 14.3. The van der Waals surface area contributed by atoms with Crippen molar-refractivity contribution in [3.05, 3.63) is 42.7 Å². The standard InChI is InChI=1S/C15H15FN2O8S/c16-13-9(4-8(6-18-13)7-2-1-3-17-5-7)25-14-11(20)10(19)12(21)15(26-14)27(22,23)24/h1-6,10-12,14-15,19-21H,(H,22,23,24)/t10-,11-,12+,14-,15?/m1/s1. The number of aliphatic hydroxyl groups is 3. The molecule has 1 aliphatic rings. The van der Waals surface area contributed by atoms with E-state index in [0.29, 0.717) is 11.1 Å². The van der Waals surface area contributed by atoms with Gasteiger partial charge in [-0.2, -0.15) is 12.8 Å². The normalized spacial score (nSPS) is 28.7. The van der Waals surface area contributed by atoms with Gasteiger partial charge < -0.3 is 24.8 Å². The van der Waals surface area contributed by atoms with Crippen molar-refractivity contribution >= 4 is 10.1 Å². The zero-order chi connectivity index (χ0) is 19.8. The number of aliphatic hydroxyl groups excluding tert-OH is 3. The highest BCUT2D eigenvalue weighted by molar-refractivity contribution is 7.86. The summed E-state index contributed by atoms with van der Waals surface area (Å²) in [5.74, 6) is -1.61. The topological polar surface area (TPSA) is 159 Å². The Hall–Kier alpha value is -2.22. The minimum absolute atomic E-state index is 0.400. The summed E-state index contributed by atoms with van der Waals surface area (Å²) in [5, 5.41) is 29.4. The van der Waals surface area contributed by atoms with E-state index in [2.05, 4.69) is 9.97 Å². The van der Waals surface area contributed by atoms with Crippen LogP contribution < -0.4 is 4.74 Å². The van der Waals surface area contributed by atoms with Crippen LogP contribution in [-0.2, 0) is 14.9 Å². The Kier molecular flexibility index (Phi) is 5.37. The third-order valence-corrected chi connectivity index (χ3v) is 4.84. The molecule has 1 fully saturated rings. The van der Waals surface area contributed by atoms with Gasteiger partial charge in [0.15, 0.2) is 5.75 Å². The molecule has 4 N–H and O–H groups in total. The van der Waals surface area contributed by atoms with E-state index in [0.717, 1.165) is 0 Å². The highest BCUT2D eigenvalue weighted by Crippen LogP contribution is 2.29. The van der Waals surface area contributed by atoms with Crippen molar-refractivity contribution < 1.29 is 42.2 Å². The van der Waals surface area contributed by atoms with Crippen LogP contribution in [0.15, 0.2) is 36.8 Å². The van der Waals surface area contributed by atoms with Crippen LogP contribution in [0.1, 0.15) is 0 Å². The van der Waals surface area contributed by atoms with E-state index in [1.54, 1.807) is 12.1 Å². The predicted octanol–water partition coefficient (Wildman–Crippen LogP) is -0.686. The van der Waals surface area contributed by atoms with Crippen LogP contribution in [0.4, 0.5) is 4.39 Å². The fraction of sp³-hybridized carbons (Fsp3) is 0.333. The summed E-state index contributed by atoms with van der Waals surface area (Å²) in [6, 6.07) is 4.52. The van der Waals surface area contributed by atoms with Gasteiger partial charge in [-0.1, -0.05) is 6.07 Å². The SMILES string of the molecule is O=S(=O)(O)C1O[C@@H](Oc2cc(-c3cccnc3)cnc2F)[C@H](O)[C@@H](O)[C@@H]1O. The lowest BCUT2D eigenvalue weighted by molar-refractivity contribution is -0.254. The van der Waals surface area contributed by atoms with Crippen LogP contribution in [-0.4, -0.2) is 68.3 Å². The van der Waals surface area contributed by atoms with Crippen LogP contribution in [0.5, 0.6) is 5.75 Å². The number of aromatic nitrogens is 2. The number of halogens is 1. The molecule has 146 valence electrons. The van der Waals surface area contributed by atoms with E-state index < -0.39 is 51.9 Å². The lowest BCUT2D eigenvalue weighted by Crippen LogP contribution is -2.61.